The third-order valence-electron chi connectivity index (χ3n) is 5.97. The molecule has 20 heavy (non-hydrogen) atoms. The fourth-order valence-corrected chi connectivity index (χ4v) is 4.22. The minimum absolute atomic E-state index is 0.259. The molecule has 0 aromatic carbocycles. The third-order valence-corrected chi connectivity index (χ3v) is 5.97. The normalized spacial score (nSPS) is 35.4. The van der Waals surface area contributed by atoms with E-state index >= 15 is 0 Å². The number of nitrogens with two attached hydrogens (primary N) is 1. The molecule has 1 aliphatic heterocycles. The molecule has 0 bridgehead atoms. The van der Waals surface area contributed by atoms with Crippen LogP contribution < -0.4 is 5.73 Å². The topological polar surface area (TPSA) is 32.5 Å². The van der Waals surface area contributed by atoms with Gasteiger partial charge in [0, 0.05) is 25.2 Å². The Kier molecular flexibility index (Phi) is 5.14. The third kappa shape index (κ3) is 3.75. The summed E-state index contributed by atoms with van der Waals surface area (Å²) in [7, 11) is 4.57. The number of likely N-dealkylation sites (tertiary alicyclic amines) is 1. The predicted octanol–water partition coefficient (Wildman–Crippen LogP) is 2.56. The Morgan fingerprint density at radius 3 is 2.55 bits per heavy atom. The Bertz CT molecular complexity index is 315. The minimum Gasteiger partial charge on any atom is -0.329 e. The van der Waals surface area contributed by atoms with Crippen LogP contribution in [0.5, 0.6) is 0 Å². The van der Waals surface area contributed by atoms with Gasteiger partial charge in [-0.3, -0.25) is 4.90 Å². The molecule has 1 heterocycles. The molecule has 2 N–H and O–H groups in total. The molecule has 0 amide bonds. The number of hydrogen-bond donors (Lipinski definition) is 1. The van der Waals surface area contributed by atoms with E-state index in [0.29, 0.717) is 5.41 Å². The fraction of sp³-hybridized carbons (Fsp3) is 1.00. The summed E-state index contributed by atoms with van der Waals surface area (Å²) in [6.07, 6.45) is 7.92. The maximum Gasteiger partial charge on any atom is 0.0329 e. The smallest absolute Gasteiger partial charge is 0.0329 e. The summed E-state index contributed by atoms with van der Waals surface area (Å²) in [5.41, 5.74) is 7.01. The molecule has 2 unspecified atom stereocenters. The minimum atomic E-state index is 0.259. The summed E-state index contributed by atoms with van der Waals surface area (Å²) >= 11 is 0. The molecule has 2 rings (SSSR count). The summed E-state index contributed by atoms with van der Waals surface area (Å²) in [6.45, 7) is 9.42. The average molecular weight is 281 g/mol. The van der Waals surface area contributed by atoms with E-state index in [1.807, 2.05) is 0 Å². The summed E-state index contributed by atoms with van der Waals surface area (Å²) in [5.74, 6) is 0.838. The summed E-state index contributed by atoms with van der Waals surface area (Å²) in [4.78, 5) is 5.09. The Hall–Kier alpha value is -0.120. The van der Waals surface area contributed by atoms with E-state index in [-0.39, 0.29) is 5.54 Å². The van der Waals surface area contributed by atoms with Crippen LogP contribution in [0.2, 0.25) is 0 Å². The Labute approximate surface area is 125 Å². The van der Waals surface area contributed by atoms with Gasteiger partial charge in [0.15, 0.2) is 0 Å². The van der Waals surface area contributed by atoms with Gasteiger partial charge in [-0.05, 0) is 64.1 Å². The van der Waals surface area contributed by atoms with Gasteiger partial charge in [0.2, 0.25) is 0 Å². The molecule has 0 radical (unpaired) electrons. The van der Waals surface area contributed by atoms with Crippen LogP contribution in [0.4, 0.5) is 0 Å². The van der Waals surface area contributed by atoms with E-state index in [1.165, 1.54) is 58.2 Å². The average Bonchev–Trinajstić information content (AvgIpc) is 2.70. The number of hydrogen-bond acceptors (Lipinski definition) is 3. The van der Waals surface area contributed by atoms with Gasteiger partial charge in [-0.1, -0.05) is 20.3 Å². The van der Waals surface area contributed by atoms with Gasteiger partial charge < -0.3 is 10.6 Å². The summed E-state index contributed by atoms with van der Waals surface area (Å²) in [6, 6.07) is 0. The highest BCUT2D eigenvalue weighted by Crippen LogP contribution is 2.40. The Morgan fingerprint density at radius 2 is 1.95 bits per heavy atom. The van der Waals surface area contributed by atoms with Crippen molar-refractivity contribution in [2.75, 3.05) is 40.3 Å². The molecule has 1 saturated carbocycles. The van der Waals surface area contributed by atoms with Crippen molar-refractivity contribution in [1.82, 2.24) is 9.80 Å². The van der Waals surface area contributed by atoms with Crippen molar-refractivity contribution in [3.63, 3.8) is 0 Å². The first-order valence-corrected chi connectivity index (χ1v) is 8.47. The van der Waals surface area contributed by atoms with Crippen LogP contribution >= 0.6 is 0 Å². The zero-order valence-corrected chi connectivity index (χ0v) is 14.1. The summed E-state index contributed by atoms with van der Waals surface area (Å²) in [5, 5.41) is 0. The zero-order chi connectivity index (χ0) is 14.8. The molecule has 2 atom stereocenters. The van der Waals surface area contributed by atoms with Gasteiger partial charge in [0.05, 0.1) is 0 Å². The lowest BCUT2D eigenvalue weighted by Gasteiger charge is -2.42. The van der Waals surface area contributed by atoms with Gasteiger partial charge in [-0.25, -0.2) is 0 Å². The highest BCUT2D eigenvalue weighted by Gasteiger charge is 2.38. The van der Waals surface area contributed by atoms with Crippen molar-refractivity contribution < 1.29 is 0 Å². The quantitative estimate of drug-likeness (QED) is 0.804. The molecule has 0 spiro atoms. The first-order valence-electron chi connectivity index (χ1n) is 8.47. The van der Waals surface area contributed by atoms with Gasteiger partial charge in [0.25, 0.3) is 0 Å². The van der Waals surface area contributed by atoms with Crippen molar-refractivity contribution in [1.29, 1.82) is 0 Å². The molecule has 2 fully saturated rings. The van der Waals surface area contributed by atoms with E-state index in [4.69, 9.17) is 5.73 Å². The Morgan fingerprint density at radius 1 is 1.20 bits per heavy atom. The summed E-state index contributed by atoms with van der Waals surface area (Å²) < 4.78 is 0. The molecule has 1 saturated heterocycles. The van der Waals surface area contributed by atoms with Gasteiger partial charge in [0.1, 0.15) is 0 Å². The van der Waals surface area contributed by atoms with Crippen molar-refractivity contribution in [2.24, 2.45) is 17.1 Å². The van der Waals surface area contributed by atoms with Crippen molar-refractivity contribution >= 4 is 0 Å². The van der Waals surface area contributed by atoms with Crippen LogP contribution in [0.3, 0.4) is 0 Å². The second kappa shape index (κ2) is 6.33. The first kappa shape index (κ1) is 16.3. The largest absolute Gasteiger partial charge is 0.329 e. The molecular formula is C17H35N3. The van der Waals surface area contributed by atoms with Crippen LogP contribution in [-0.2, 0) is 0 Å². The van der Waals surface area contributed by atoms with Crippen molar-refractivity contribution in [3.8, 4) is 0 Å². The molecule has 118 valence electrons. The molecule has 3 heteroatoms. The first-order chi connectivity index (χ1) is 9.37. The maximum absolute atomic E-state index is 6.25. The lowest BCUT2D eigenvalue weighted by atomic mass is 9.83. The van der Waals surface area contributed by atoms with Crippen LogP contribution in [0, 0.1) is 11.3 Å². The van der Waals surface area contributed by atoms with Crippen LogP contribution in [0.25, 0.3) is 0 Å². The molecule has 0 aromatic heterocycles. The molecule has 3 nitrogen and oxygen atoms in total. The number of nitrogens with zero attached hydrogens (tertiary/aromatic N) is 2. The molecule has 2 aliphatic rings. The van der Waals surface area contributed by atoms with Gasteiger partial charge >= 0.3 is 0 Å². The van der Waals surface area contributed by atoms with E-state index in [1.54, 1.807) is 0 Å². The highest BCUT2D eigenvalue weighted by molar-refractivity contribution is 4.95. The number of rotatable bonds is 4. The second-order valence-corrected chi connectivity index (χ2v) is 8.24. The fourth-order valence-electron chi connectivity index (χ4n) is 4.22. The van der Waals surface area contributed by atoms with E-state index in [9.17, 15) is 0 Å². The molecule has 0 aromatic rings. The molecular weight excluding hydrogens is 246 g/mol. The monoisotopic (exact) mass is 281 g/mol. The SMILES string of the molecule is CN1CCC(CN(C)C2(CN)CCCC(C)(C)CC2)C1. The van der Waals surface area contributed by atoms with E-state index in [0.717, 1.165) is 12.5 Å². The van der Waals surface area contributed by atoms with Crippen LogP contribution in [-0.4, -0.2) is 55.6 Å². The van der Waals surface area contributed by atoms with Crippen molar-refractivity contribution in [2.45, 2.75) is 57.9 Å². The Balaban J connectivity index is 1.98. The highest BCUT2D eigenvalue weighted by atomic mass is 15.2. The van der Waals surface area contributed by atoms with E-state index in [2.05, 4.69) is 37.7 Å². The molecule has 1 aliphatic carbocycles. The van der Waals surface area contributed by atoms with Crippen molar-refractivity contribution in [3.05, 3.63) is 0 Å². The van der Waals surface area contributed by atoms with Crippen LogP contribution in [0.15, 0.2) is 0 Å². The second-order valence-electron chi connectivity index (χ2n) is 8.24. The predicted molar refractivity (Wildman–Crippen MR) is 86.9 cm³/mol. The lowest BCUT2D eigenvalue weighted by molar-refractivity contribution is 0.0873. The lowest BCUT2D eigenvalue weighted by Crippen LogP contribution is -2.53. The van der Waals surface area contributed by atoms with Gasteiger partial charge in [-0.2, -0.15) is 0 Å². The zero-order valence-electron chi connectivity index (χ0n) is 14.1. The van der Waals surface area contributed by atoms with E-state index < -0.39 is 0 Å². The van der Waals surface area contributed by atoms with Gasteiger partial charge in [-0.15, -0.1) is 0 Å². The standard InChI is InChI=1S/C17H35N3/c1-16(2)7-5-8-17(14-18,10-9-16)20(4)13-15-6-11-19(3)12-15/h15H,5-14,18H2,1-4H3. The number of likely N-dealkylation sites (N-methyl/N-ethyl adjacent to an activating group) is 1. The maximum atomic E-state index is 6.25. The van der Waals surface area contributed by atoms with Crippen LogP contribution in [0.1, 0.15) is 52.4 Å².